The van der Waals surface area contributed by atoms with Crippen LogP contribution in [-0.2, 0) is 13.6 Å². The van der Waals surface area contributed by atoms with Crippen LogP contribution in [0.25, 0.3) is 0 Å². The maximum atomic E-state index is 11.3. The van der Waals surface area contributed by atoms with E-state index in [1.807, 2.05) is 42.7 Å². The van der Waals surface area contributed by atoms with E-state index in [1.165, 1.54) is 0 Å². The third-order valence-electron chi connectivity index (χ3n) is 3.15. The topological polar surface area (TPSA) is 58.4 Å². The highest BCUT2D eigenvalue weighted by molar-refractivity contribution is 5.95. The molecule has 1 heterocycles. The molecule has 0 amide bonds. The molecular formula is C14H17N3O2. The van der Waals surface area contributed by atoms with Crippen LogP contribution in [0.5, 0.6) is 0 Å². The predicted molar refractivity (Wildman–Crippen MR) is 73.5 cm³/mol. The number of rotatable bonds is 4. The molecule has 5 heteroatoms. The van der Waals surface area contributed by atoms with Crippen LogP contribution in [0.15, 0.2) is 30.6 Å². The summed E-state index contributed by atoms with van der Waals surface area (Å²) in [6, 6.07) is 5.30. The average Bonchev–Trinajstić information content (AvgIpc) is 2.74. The Balaban J connectivity index is 2.36. The molecular weight excluding hydrogens is 242 g/mol. The molecule has 2 aromatic rings. The van der Waals surface area contributed by atoms with Crippen LogP contribution in [-0.4, -0.2) is 27.7 Å². The molecule has 1 aromatic heterocycles. The highest BCUT2D eigenvalue weighted by Gasteiger charge is 2.16. The SMILES string of the molecule is Cc1cccc(C(=O)O)c1N(C)Cc1nccn1C. The number of nitrogens with zero attached hydrogens (tertiary/aromatic N) is 3. The Hall–Kier alpha value is -2.30. The van der Waals surface area contributed by atoms with Gasteiger partial charge in [-0.1, -0.05) is 12.1 Å². The Morgan fingerprint density at radius 2 is 2.21 bits per heavy atom. The van der Waals surface area contributed by atoms with Gasteiger partial charge in [0.15, 0.2) is 0 Å². The van der Waals surface area contributed by atoms with Crippen molar-refractivity contribution in [1.29, 1.82) is 0 Å². The molecule has 0 atom stereocenters. The molecule has 1 N–H and O–H groups in total. The van der Waals surface area contributed by atoms with Crippen molar-refractivity contribution in [3.05, 3.63) is 47.5 Å². The first-order valence-electron chi connectivity index (χ1n) is 6.01. The van der Waals surface area contributed by atoms with E-state index in [0.29, 0.717) is 12.1 Å². The van der Waals surface area contributed by atoms with Gasteiger partial charge in [0, 0.05) is 26.5 Å². The Morgan fingerprint density at radius 3 is 2.79 bits per heavy atom. The molecule has 0 saturated carbocycles. The van der Waals surface area contributed by atoms with Crippen molar-refractivity contribution in [2.75, 3.05) is 11.9 Å². The van der Waals surface area contributed by atoms with Gasteiger partial charge in [-0.05, 0) is 18.6 Å². The summed E-state index contributed by atoms with van der Waals surface area (Å²) in [7, 11) is 3.80. The van der Waals surface area contributed by atoms with Gasteiger partial charge in [0.1, 0.15) is 5.82 Å². The van der Waals surface area contributed by atoms with Crippen LogP contribution < -0.4 is 4.90 Å². The number of imidazole rings is 1. The van der Waals surface area contributed by atoms with Crippen molar-refractivity contribution in [2.24, 2.45) is 7.05 Å². The molecule has 0 aliphatic heterocycles. The Kier molecular flexibility index (Phi) is 3.55. The molecule has 0 spiro atoms. The number of hydrogen-bond donors (Lipinski definition) is 1. The first kappa shape index (κ1) is 13.1. The van der Waals surface area contributed by atoms with Crippen molar-refractivity contribution in [3.63, 3.8) is 0 Å². The van der Waals surface area contributed by atoms with Gasteiger partial charge in [0.2, 0.25) is 0 Å². The molecule has 0 unspecified atom stereocenters. The highest BCUT2D eigenvalue weighted by Crippen LogP contribution is 2.25. The summed E-state index contributed by atoms with van der Waals surface area (Å²) in [5, 5.41) is 9.27. The van der Waals surface area contributed by atoms with Gasteiger partial charge in [0.25, 0.3) is 0 Å². The molecule has 2 rings (SSSR count). The number of hydrogen-bond acceptors (Lipinski definition) is 3. The van der Waals surface area contributed by atoms with E-state index in [2.05, 4.69) is 4.98 Å². The summed E-state index contributed by atoms with van der Waals surface area (Å²) in [6.07, 6.45) is 3.61. The molecule has 100 valence electrons. The zero-order valence-electron chi connectivity index (χ0n) is 11.3. The molecule has 0 saturated heterocycles. The van der Waals surface area contributed by atoms with E-state index in [9.17, 15) is 9.90 Å². The van der Waals surface area contributed by atoms with E-state index in [0.717, 1.165) is 17.1 Å². The number of benzene rings is 1. The lowest BCUT2D eigenvalue weighted by atomic mass is 10.1. The van der Waals surface area contributed by atoms with Crippen LogP contribution in [0, 0.1) is 6.92 Å². The van der Waals surface area contributed by atoms with Crippen molar-refractivity contribution < 1.29 is 9.90 Å². The fourth-order valence-corrected chi connectivity index (χ4v) is 2.18. The molecule has 0 aliphatic rings. The summed E-state index contributed by atoms with van der Waals surface area (Å²) in [5.41, 5.74) is 1.99. The molecule has 19 heavy (non-hydrogen) atoms. The molecule has 0 fully saturated rings. The van der Waals surface area contributed by atoms with Gasteiger partial charge in [0.05, 0.1) is 17.8 Å². The summed E-state index contributed by atoms with van der Waals surface area (Å²) in [4.78, 5) is 17.5. The van der Waals surface area contributed by atoms with Crippen LogP contribution in [0.3, 0.4) is 0 Å². The maximum Gasteiger partial charge on any atom is 0.337 e. The number of aryl methyl sites for hydroxylation is 2. The van der Waals surface area contributed by atoms with Crippen molar-refractivity contribution in [2.45, 2.75) is 13.5 Å². The largest absolute Gasteiger partial charge is 0.478 e. The molecule has 0 bridgehead atoms. The summed E-state index contributed by atoms with van der Waals surface area (Å²) in [5.74, 6) is -0.0208. The normalized spacial score (nSPS) is 10.5. The zero-order chi connectivity index (χ0) is 14.0. The first-order valence-corrected chi connectivity index (χ1v) is 6.01. The number of aromatic carboxylic acids is 1. The van der Waals surface area contributed by atoms with Gasteiger partial charge < -0.3 is 14.6 Å². The number of carboxylic acid groups (broad SMARTS) is 1. The van der Waals surface area contributed by atoms with E-state index >= 15 is 0 Å². The predicted octanol–water partition coefficient (Wildman–Crippen LogP) is 2.06. The summed E-state index contributed by atoms with van der Waals surface area (Å²) < 4.78 is 1.93. The third kappa shape index (κ3) is 2.59. The lowest BCUT2D eigenvalue weighted by molar-refractivity contribution is 0.0697. The van der Waals surface area contributed by atoms with Gasteiger partial charge in [-0.2, -0.15) is 0 Å². The van der Waals surface area contributed by atoms with E-state index in [4.69, 9.17) is 0 Å². The highest BCUT2D eigenvalue weighted by atomic mass is 16.4. The standard InChI is InChI=1S/C14H17N3O2/c1-10-5-4-6-11(14(18)19)13(10)17(3)9-12-15-7-8-16(12)2/h4-8H,9H2,1-3H3,(H,18,19). The molecule has 5 nitrogen and oxygen atoms in total. The Labute approximate surface area is 112 Å². The van der Waals surface area contributed by atoms with Gasteiger partial charge >= 0.3 is 5.97 Å². The van der Waals surface area contributed by atoms with E-state index in [1.54, 1.807) is 18.3 Å². The lowest BCUT2D eigenvalue weighted by Gasteiger charge is -2.23. The second-order valence-corrected chi connectivity index (χ2v) is 4.59. The minimum absolute atomic E-state index is 0.316. The van der Waals surface area contributed by atoms with Crippen molar-refractivity contribution >= 4 is 11.7 Å². The number of anilines is 1. The fourth-order valence-electron chi connectivity index (χ4n) is 2.18. The Morgan fingerprint density at radius 1 is 1.47 bits per heavy atom. The quantitative estimate of drug-likeness (QED) is 0.913. The minimum Gasteiger partial charge on any atom is -0.478 e. The first-order chi connectivity index (χ1) is 9.00. The lowest BCUT2D eigenvalue weighted by Crippen LogP contribution is -2.22. The third-order valence-corrected chi connectivity index (χ3v) is 3.15. The van der Waals surface area contributed by atoms with Crippen LogP contribution in [0.1, 0.15) is 21.7 Å². The fraction of sp³-hybridized carbons (Fsp3) is 0.286. The monoisotopic (exact) mass is 259 g/mol. The number of carbonyl (C=O) groups is 1. The van der Waals surface area contributed by atoms with Crippen molar-refractivity contribution in [1.82, 2.24) is 9.55 Å². The smallest absolute Gasteiger partial charge is 0.337 e. The Bertz CT molecular complexity index is 604. The summed E-state index contributed by atoms with van der Waals surface area (Å²) in [6.45, 7) is 2.48. The van der Waals surface area contributed by atoms with Gasteiger partial charge in [-0.25, -0.2) is 9.78 Å². The van der Waals surface area contributed by atoms with E-state index < -0.39 is 5.97 Å². The molecule has 0 aliphatic carbocycles. The van der Waals surface area contributed by atoms with Crippen LogP contribution in [0.4, 0.5) is 5.69 Å². The second kappa shape index (κ2) is 5.14. The van der Waals surface area contributed by atoms with E-state index in [-0.39, 0.29) is 0 Å². The minimum atomic E-state index is -0.912. The maximum absolute atomic E-state index is 11.3. The molecule has 1 aromatic carbocycles. The van der Waals surface area contributed by atoms with Gasteiger partial charge in [-0.15, -0.1) is 0 Å². The van der Waals surface area contributed by atoms with Gasteiger partial charge in [-0.3, -0.25) is 0 Å². The van der Waals surface area contributed by atoms with Crippen molar-refractivity contribution in [3.8, 4) is 0 Å². The van der Waals surface area contributed by atoms with Crippen LogP contribution in [0.2, 0.25) is 0 Å². The average molecular weight is 259 g/mol. The number of aromatic nitrogens is 2. The summed E-state index contributed by atoms with van der Waals surface area (Å²) >= 11 is 0. The van der Waals surface area contributed by atoms with Crippen LogP contribution >= 0.6 is 0 Å². The number of para-hydroxylation sites is 1. The number of carboxylic acids is 1. The zero-order valence-corrected chi connectivity index (χ0v) is 11.3. The second-order valence-electron chi connectivity index (χ2n) is 4.59. The molecule has 0 radical (unpaired) electrons.